The number of fused-ring (bicyclic) bond motifs is 1. The smallest absolute Gasteiger partial charge is 0.123 e. The zero-order chi connectivity index (χ0) is 11.2. The molecule has 0 amide bonds. The Balaban J connectivity index is 1.70. The van der Waals surface area contributed by atoms with Gasteiger partial charge in [0.15, 0.2) is 0 Å². The van der Waals surface area contributed by atoms with Crippen LogP contribution in [0.5, 0.6) is 5.75 Å². The van der Waals surface area contributed by atoms with Crippen molar-refractivity contribution in [3.8, 4) is 5.75 Å². The highest BCUT2D eigenvalue weighted by atomic mass is 16.5. The molecule has 1 aliphatic heterocycles. The van der Waals surface area contributed by atoms with Crippen molar-refractivity contribution in [2.24, 2.45) is 5.73 Å². The van der Waals surface area contributed by atoms with Gasteiger partial charge in [0.25, 0.3) is 0 Å². The van der Waals surface area contributed by atoms with Gasteiger partial charge in [-0.2, -0.15) is 0 Å². The first-order valence-electron chi connectivity index (χ1n) is 6.20. The van der Waals surface area contributed by atoms with Crippen molar-refractivity contribution >= 4 is 0 Å². The Kier molecular flexibility index (Phi) is 2.21. The fourth-order valence-electron chi connectivity index (χ4n) is 2.85. The molecular formula is C14H19NO. The molecule has 2 heteroatoms. The maximum absolute atomic E-state index is 6.27. The van der Waals surface area contributed by atoms with Crippen LogP contribution in [-0.4, -0.2) is 11.6 Å². The molecule has 1 fully saturated rings. The zero-order valence-electron chi connectivity index (χ0n) is 9.83. The van der Waals surface area contributed by atoms with Crippen LogP contribution in [0.3, 0.4) is 0 Å². The van der Waals surface area contributed by atoms with Crippen LogP contribution in [0.1, 0.15) is 36.8 Å². The number of rotatable bonds is 2. The number of benzene rings is 1. The summed E-state index contributed by atoms with van der Waals surface area (Å²) in [6, 6.07) is 6.44. The van der Waals surface area contributed by atoms with Gasteiger partial charge in [-0.15, -0.1) is 0 Å². The molecule has 0 radical (unpaired) electrons. The maximum atomic E-state index is 6.27. The molecule has 86 valence electrons. The third-order valence-corrected chi connectivity index (χ3v) is 3.94. The second-order valence-corrected chi connectivity index (χ2v) is 5.48. The summed E-state index contributed by atoms with van der Waals surface area (Å²) in [5.41, 5.74) is 9.01. The van der Waals surface area contributed by atoms with Gasteiger partial charge >= 0.3 is 0 Å². The monoisotopic (exact) mass is 217 g/mol. The van der Waals surface area contributed by atoms with Crippen LogP contribution in [0, 0.1) is 6.92 Å². The molecule has 3 rings (SSSR count). The number of ether oxygens (including phenoxy) is 1. The Morgan fingerprint density at radius 2 is 2.25 bits per heavy atom. The van der Waals surface area contributed by atoms with E-state index in [1.54, 1.807) is 0 Å². The SMILES string of the molecule is Cc1ccc2c(c1)CC(CC1(N)CCC1)O2. The van der Waals surface area contributed by atoms with Crippen molar-refractivity contribution in [3.05, 3.63) is 29.3 Å². The third-order valence-electron chi connectivity index (χ3n) is 3.94. The fraction of sp³-hybridized carbons (Fsp3) is 0.571. The molecule has 2 nitrogen and oxygen atoms in total. The van der Waals surface area contributed by atoms with Crippen LogP contribution in [0.4, 0.5) is 0 Å². The minimum absolute atomic E-state index is 0.0712. The van der Waals surface area contributed by atoms with Crippen LogP contribution in [-0.2, 0) is 6.42 Å². The summed E-state index contributed by atoms with van der Waals surface area (Å²) in [5, 5.41) is 0. The molecule has 0 saturated heterocycles. The van der Waals surface area contributed by atoms with Crippen molar-refractivity contribution in [1.29, 1.82) is 0 Å². The van der Waals surface area contributed by atoms with E-state index in [0.717, 1.165) is 18.6 Å². The summed E-state index contributed by atoms with van der Waals surface area (Å²) in [4.78, 5) is 0. The predicted octanol–water partition coefficient (Wildman–Crippen LogP) is 2.57. The van der Waals surface area contributed by atoms with Crippen LogP contribution < -0.4 is 10.5 Å². The molecule has 1 aromatic rings. The lowest BCUT2D eigenvalue weighted by molar-refractivity contribution is 0.132. The van der Waals surface area contributed by atoms with Gasteiger partial charge in [-0.3, -0.25) is 0 Å². The van der Waals surface area contributed by atoms with Gasteiger partial charge in [0.2, 0.25) is 0 Å². The summed E-state index contributed by atoms with van der Waals surface area (Å²) in [6.07, 6.45) is 5.98. The Bertz CT molecular complexity index is 409. The highest BCUT2D eigenvalue weighted by molar-refractivity contribution is 5.40. The van der Waals surface area contributed by atoms with Crippen molar-refractivity contribution in [3.63, 3.8) is 0 Å². The summed E-state index contributed by atoms with van der Waals surface area (Å²) < 4.78 is 5.95. The van der Waals surface area contributed by atoms with Crippen molar-refractivity contribution in [2.45, 2.75) is 50.7 Å². The van der Waals surface area contributed by atoms with E-state index in [4.69, 9.17) is 10.5 Å². The predicted molar refractivity (Wildman–Crippen MR) is 64.7 cm³/mol. The first-order chi connectivity index (χ1) is 7.65. The quantitative estimate of drug-likeness (QED) is 0.826. The first kappa shape index (κ1) is 10.2. The van der Waals surface area contributed by atoms with Crippen LogP contribution in [0.15, 0.2) is 18.2 Å². The van der Waals surface area contributed by atoms with E-state index >= 15 is 0 Å². The molecule has 2 N–H and O–H groups in total. The molecule has 1 aliphatic carbocycles. The second-order valence-electron chi connectivity index (χ2n) is 5.48. The molecule has 2 aliphatic rings. The summed E-state index contributed by atoms with van der Waals surface area (Å²) in [5.74, 6) is 1.07. The minimum atomic E-state index is 0.0712. The van der Waals surface area contributed by atoms with Crippen LogP contribution >= 0.6 is 0 Å². The Morgan fingerprint density at radius 1 is 1.44 bits per heavy atom. The Labute approximate surface area is 96.8 Å². The molecule has 0 spiro atoms. The molecule has 1 heterocycles. The van der Waals surface area contributed by atoms with E-state index in [1.807, 2.05) is 0 Å². The van der Waals surface area contributed by atoms with Gasteiger partial charge in [0, 0.05) is 18.4 Å². The average molecular weight is 217 g/mol. The standard InChI is InChI=1S/C14H19NO/c1-10-3-4-13-11(7-10)8-12(16-13)9-14(15)5-2-6-14/h3-4,7,12H,2,5-6,8-9,15H2,1H3. The molecule has 1 saturated carbocycles. The number of aryl methyl sites for hydroxylation is 1. The van der Waals surface area contributed by atoms with E-state index in [1.165, 1.54) is 30.4 Å². The van der Waals surface area contributed by atoms with Gasteiger partial charge in [0.1, 0.15) is 11.9 Å². The number of hydrogen-bond donors (Lipinski definition) is 1. The molecule has 0 aromatic heterocycles. The van der Waals surface area contributed by atoms with Gasteiger partial charge in [0.05, 0.1) is 0 Å². The average Bonchev–Trinajstić information content (AvgIpc) is 2.56. The molecular weight excluding hydrogens is 198 g/mol. The van der Waals surface area contributed by atoms with E-state index in [0.29, 0.717) is 6.10 Å². The lowest BCUT2D eigenvalue weighted by Gasteiger charge is -2.39. The van der Waals surface area contributed by atoms with Gasteiger partial charge < -0.3 is 10.5 Å². The first-order valence-corrected chi connectivity index (χ1v) is 6.20. The zero-order valence-corrected chi connectivity index (χ0v) is 9.83. The second kappa shape index (κ2) is 3.49. The Morgan fingerprint density at radius 3 is 2.94 bits per heavy atom. The van der Waals surface area contributed by atoms with Gasteiger partial charge in [-0.25, -0.2) is 0 Å². The van der Waals surface area contributed by atoms with Crippen molar-refractivity contribution < 1.29 is 4.74 Å². The third kappa shape index (κ3) is 1.71. The summed E-state index contributed by atoms with van der Waals surface area (Å²) in [7, 11) is 0. The lowest BCUT2D eigenvalue weighted by Crippen LogP contribution is -2.49. The van der Waals surface area contributed by atoms with Crippen LogP contribution in [0.2, 0.25) is 0 Å². The molecule has 1 atom stereocenters. The van der Waals surface area contributed by atoms with E-state index in [2.05, 4.69) is 25.1 Å². The van der Waals surface area contributed by atoms with Crippen LogP contribution in [0.25, 0.3) is 0 Å². The maximum Gasteiger partial charge on any atom is 0.123 e. The summed E-state index contributed by atoms with van der Waals surface area (Å²) >= 11 is 0. The Hall–Kier alpha value is -1.02. The van der Waals surface area contributed by atoms with E-state index in [-0.39, 0.29) is 5.54 Å². The van der Waals surface area contributed by atoms with Gasteiger partial charge in [-0.1, -0.05) is 17.7 Å². The molecule has 0 bridgehead atoms. The molecule has 1 aromatic carbocycles. The largest absolute Gasteiger partial charge is 0.490 e. The highest BCUT2D eigenvalue weighted by Crippen LogP contribution is 2.38. The topological polar surface area (TPSA) is 35.2 Å². The summed E-state index contributed by atoms with van der Waals surface area (Å²) in [6.45, 7) is 2.13. The normalized spacial score (nSPS) is 25.8. The van der Waals surface area contributed by atoms with Crippen molar-refractivity contribution in [1.82, 2.24) is 0 Å². The minimum Gasteiger partial charge on any atom is -0.490 e. The fourth-order valence-corrected chi connectivity index (χ4v) is 2.85. The number of nitrogens with two attached hydrogens (primary N) is 1. The van der Waals surface area contributed by atoms with Crippen molar-refractivity contribution in [2.75, 3.05) is 0 Å². The highest BCUT2D eigenvalue weighted by Gasteiger charge is 2.37. The molecule has 1 unspecified atom stereocenters. The lowest BCUT2D eigenvalue weighted by atomic mass is 9.73. The van der Waals surface area contributed by atoms with E-state index in [9.17, 15) is 0 Å². The molecule has 16 heavy (non-hydrogen) atoms. The van der Waals surface area contributed by atoms with E-state index < -0.39 is 0 Å². The van der Waals surface area contributed by atoms with Gasteiger partial charge in [-0.05, 0) is 37.8 Å². The number of hydrogen-bond acceptors (Lipinski definition) is 2.